The minimum absolute atomic E-state index is 0.0937. The molecule has 0 spiro atoms. The van der Waals surface area contributed by atoms with Crippen molar-refractivity contribution in [2.75, 3.05) is 0 Å². The summed E-state index contributed by atoms with van der Waals surface area (Å²) in [5, 5.41) is 0. The number of benzene rings is 2. The zero-order valence-electron chi connectivity index (χ0n) is 15.7. The predicted octanol–water partition coefficient (Wildman–Crippen LogP) is 2.80. The first-order valence-electron chi connectivity index (χ1n) is 8.95. The van der Waals surface area contributed by atoms with E-state index in [9.17, 15) is 19.2 Å². The van der Waals surface area contributed by atoms with E-state index in [-0.39, 0.29) is 26.1 Å². The first-order chi connectivity index (χ1) is 14.0. The van der Waals surface area contributed by atoms with Crippen LogP contribution < -0.4 is 5.73 Å². The molecule has 8 heteroatoms. The van der Waals surface area contributed by atoms with Crippen LogP contribution in [0.5, 0.6) is 0 Å². The molecule has 8 nitrogen and oxygen atoms in total. The van der Waals surface area contributed by atoms with Gasteiger partial charge in [-0.3, -0.25) is 4.79 Å². The number of nitrogens with zero attached hydrogens (tertiary/aromatic N) is 1. The van der Waals surface area contributed by atoms with Gasteiger partial charge in [-0.25, -0.2) is 14.5 Å². The van der Waals surface area contributed by atoms with Crippen LogP contribution in [-0.4, -0.2) is 35.3 Å². The lowest BCUT2D eigenvalue weighted by Crippen LogP contribution is -2.46. The van der Waals surface area contributed by atoms with Gasteiger partial charge in [-0.1, -0.05) is 60.7 Å². The van der Waals surface area contributed by atoms with Gasteiger partial charge in [0.2, 0.25) is 5.91 Å². The summed E-state index contributed by atoms with van der Waals surface area (Å²) >= 11 is 0. The van der Waals surface area contributed by atoms with Gasteiger partial charge in [0.1, 0.15) is 25.5 Å². The Kier molecular flexibility index (Phi) is 8.37. The third kappa shape index (κ3) is 7.10. The minimum Gasteiger partial charge on any atom is -0.444 e. The van der Waals surface area contributed by atoms with Crippen molar-refractivity contribution in [3.8, 4) is 0 Å². The van der Waals surface area contributed by atoms with E-state index < -0.39 is 24.1 Å². The van der Waals surface area contributed by atoms with Gasteiger partial charge in [-0.05, 0) is 17.5 Å². The van der Waals surface area contributed by atoms with Gasteiger partial charge in [0.05, 0.1) is 0 Å². The Morgan fingerprint density at radius 2 is 1.31 bits per heavy atom. The third-order valence-electron chi connectivity index (χ3n) is 3.98. The number of amides is 3. The fraction of sp³-hybridized carbons (Fsp3) is 0.238. The highest BCUT2D eigenvalue weighted by Gasteiger charge is 2.33. The number of imide groups is 1. The second-order valence-corrected chi connectivity index (χ2v) is 6.16. The van der Waals surface area contributed by atoms with Crippen LogP contribution in [0.25, 0.3) is 0 Å². The third-order valence-corrected chi connectivity index (χ3v) is 3.98. The van der Waals surface area contributed by atoms with Crippen molar-refractivity contribution in [2.45, 2.75) is 32.1 Å². The zero-order valence-corrected chi connectivity index (χ0v) is 15.7. The highest BCUT2D eigenvalue weighted by molar-refractivity contribution is 5.91. The minimum atomic E-state index is -1.24. The maximum atomic E-state index is 12.5. The predicted molar refractivity (Wildman–Crippen MR) is 103 cm³/mol. The van der Waals surface area contributed by atoms with Crippen LogP contribution in [-0.2, 0) is 32.3 Å². The molecule has 0 heterocycles. The summed E-state index contributed by atoms with van der Waals surface area (Å²) in [6, 6.07) is 16.5. The first kappa shape index (κ1) is 21.6. The molecule has 0 fully saturated rings. The number of carbonyl (C=O) groups is 4. The van der Waals surface area contributed by atoms with Crippen LogP contribution in [0.1, 0.15) is 24.0 Å². The second kappa shape index (κ2) is 11.2. The average Bonchev–Trinajstić information content (AvgIpc) is 2.74. The molecule has 2 aromatic carbocycles. The number of carbonyl (C=O) groups excluding carboxylic acids is 4. The van der Waals surface area contributed by atoms with Gasteiger partial charge >= 0.3 is 12.2 Å². The molecule has 0 aliphatic carbocycles. The number of aldehydes is 1. The Morgan fingerprint density at radius 3 is 1.69 bits per heavy atom. The van der Waals surface area contributed by atoms with Crippen molar-refractivity contribution in [2.24, 2.45) is 5.73 Å². The maximum Gasteiger partial charge on any atom is 0.420 e. The summed E-state index contributed by atoms with van der Waals surface area (Å²) < 4.78 is 10.3. The Morgan fingerprint density at radius 1 is 0.862 bits per heavy atom. The number of ether oxygens (including phenoxy) is 2. The highest BCUT2D eigenvalue weighted by atomic mass is 16.6. The fourth-order valence-electron chi connectivity index (χ4n) is 2.47. The largest absolute Gasteiger partial charge is 0.444 e. The van der Waals surface area contributed by atoms with Crippen LogP contribution >= 0.6 is 0 Å². The molecule has 0 saturated heterocycles. The molecule has 3 amide bonds. The van der Waals surface area contributed by atoms with Gasteiger partial charge in [0.25, 0.3) is 0 Å². The number of hydrogen-bond acceptors (Lipinski definition) is 6. The quantitative estimate of drug-likeness (QED) is 0.649. The lowest BCUT2D eigenvalue weighted by Gasteiger charge is -2.24. The maximum absolute atomic E-state index is 12.5. The van der Waals surface area contributed by atoms with Crippen molar-refractivity contribution in [3.05, 3.63) is 71.8 Å². The van der Waals surface area contributed by atoms with Crippen molar-refractivity contribution in [1.82, 2.24) is 4.90 Å². The van der Waals surface area contributed by atoms with Gasteiger partial charge < -0.3 is 20.0 Å². The lowest BCUT2D eigenvalue weighted by molar-refractivity contribution is -0.118. The Labute approximate surface area is 168 Å². The monoisotopic (exact) mass is 398 g/mol. The van der Waals surface area contributed by atoms with E-state index in [1.165, 1.54) is 0 Å². The van der Waals surface area contributed by atoms with Gasteiger partial charge in [-0.15, -0.1) is 0 Å². The molecule has 0 radical (unpaired) electrons. The van der Waals surface area contributed by atoms with E-state index in [1.54, 1.807) is 48.5 Å². The Hall–Kier alpha value is -3.68. The molecule has 2 aromatic rings. The van der Waals surface area contributed by atoms with Crippen LogP contribution in [0.15, 0.2) is 60.7 Å². The molecule has 0 aliphatic heterocycles. The van der Waals surface area contributed by atoms with Crippen LogP contribution in [0.4, 0.5) is 9.59 Å². The van der Waals surface area contributed by atoms with E-state index in [2.05, 4.69) is 0 Å². The number of hydrogen-bond donors (Lipinski definition) is 1. The first-order valence-corrected chi connectivity index (χ1v) is 8.95. The summed E-state index contributed by atoms with van der Waals surface area (Å²) in [5.74, 6) is -0.660. The number of nitrogens with two attached hydrogens (primary N) is 1. The summed E-state index contributed by atoms with van der Waals surface area (Å²) in [6.07, 6.45) is -2.02. The molecule has 0 saturated carbocycles. The van der Waals surface area contributed by atoms with E-state index in [0.717, 1.165) is 0 Å². The van der Waals surface area contributed by atoms with Gasteiger partial charge in [0, 0.05) is 6.42 Å². The van der Waals surface area contributed by atoms with Crippen LogP contribution in [0, 0.1) is 0 Å². The molecule has 1 atom stereocenters. The van der Waals surface area contributed by atoms with Crippen LogP contribution in [0.2, 0.25) is 0 Å². The van der Waals surface area contributed by atoms with Crippen molar-refractivity contribution < 1.29 is 28.7 Å². The van der Waals surface area contributed by atoms with Gasteiger partial charge in [-0.2, -0.15) is 0 Å². The van der Waals surface area contributed by atoms with Crippen molar-refractivity contribution in [1.29, 1.82) is 0 Å². The second-order valence-electron chi connectivity index (χ2n) is 6.16. The SMILES string of the molecule is NC(=O)CC[C@@H](C=O)N(C(=O)OCc1ccccc1)C(=O)OCc1ccccc1. The Balaban J connectivity index is 2.09. The molecular formula is C21H22N2O6. The standard InChI is InChI=1S/C21H22N2O6/c22-19(25)12-11-18(13-24)23(20(26)28-14-16-7-3-1-4-8-16)21(27)29-15-17-9-5-2-6-10-17/h1-10,13,18H,11-12,14-15H2,(H2,22,25)/t18-/m0/s1. The molecule has 0 bridgehead atoms. The fourth-order valence-corrected chi connectivity index (χ4v) is 2.47. The summed E-state index contributed by atoms with van der Waals surface area (Å²) in [6.45, 7) is -0.187. The van der Waals surface area contributed by atoms with E-state index in [4.69, 9.17) is 15.2 Å². The van der Waals surface area contributed by atoms with Crippen LogP contribution in [0.3, 0.4) is 0 Å². The van der Waals surface area contributed by atoms with Gasteiger partial charge in [0.15, 0.2) is 0 Å². The normalized spacial score (nSPS) is 11.2. The molecule has 2 N–H and O–H groups in total. The van der Waals surface area contributed by atoms with E-state index >= 15 is 0 Å². The Bertz CT molecular complexity index is 770. The average molecular weight is 398 g/mol. The zero-order chi connectivity index (χ0) is 21.1. The molecule has 2 rings (SSSR count). The topological polar surface area (TPSA) is 116 Å². The van der Waals surface area contributed by atoms with Crippen molar-refractivity contribution in [3.63, 3.8) is 0 Å². The number of primary amides is 1. The molecule has 0 aliphatic rings. The molecular weight excluding hydrogens is 376 g/mol. The molecule has 0 aromatic heterocycles. The summed E-state index contributed by atoms with van der Waals surface area (Å²) in [5.41, 5.74) is 6.52. The highest BCUT2D eigenvalue weighted by Crippen LogP contribution is 2.13. The van der Waals surface area contributed by atoms with Crippen molar-refractivity contribution >= 4 is 24.4 Å². The number of rotatable bonds is 9. The smallest absolute Gasteiger partial charge is 0.420 e. The molecule has 29 heavy (non-hydrogen) atoms. The summed E-state index contributed by atoms with van der Waals surface area (Å²) in [7, 11) is 0. The molecule has 152 valence electrons. The van der Waals surface area contributed by atoms with E-state index in [0.29, 0.717) is 22.3 Å². The molecule has 0 unspecified atom stereocenters. The van der Waals surface area contributed by atoms with E-state index in [1.807, 2.05) is 12.1 Å². The lowest BCUT2D eigenvalue weighted by atomic mass is 10.1. The summed E-state index contributed by atoms with van der Waals surface area (Å²) in [4.78, 5) is 48.2.